The average Bonchev–Trinajstić information content (AvgIpc) is 2.52. The van der Waals surface area contributed by atoms with E-state index >= 15 is 0 Å². The van der Waals surface area contributed by atoms with Crippen molar-refractivity contribution in [2.24, 2.45) is 0 Å². The second-order valence-electron chi connectivity index (χ2n) is 3.47. The minimum absolute atomic E-state index is 0.270. The summed E-state index contributed by atoms with van der Waals surface area (Å²) < 4.78 is 4.22. The predicted molar refractivity (Wildman–Crippen MR) is 54.0 cm³/mol. The summed E-state index contributed by atoms with van der Waals surface area (Å²) >= 11 is 1.40. The summed E-state index contributed by atoms with van der Waals surface area (Å²) in [6.45, 7) is 6.11. The van der Waals surface area contributed by atoms with Crippen LogP contribution in [0.3, 0.4) is 0 Å². The van der Waals surface area contributed by atoms with E-state index < -0.39 is 0 Å². The van der Waals surface area contributed by atoms with Crippen molar-refractivity contribution in [2.75, 3.05) is 0 Å². The molecule has 0 bridgehead atoms. The number of hydrogen-bond acceptors (Lipinski definition) is 4. The Bertz CT molecular complexity index is 260. The second-order valence-corrected chi connectivity index (χ2v) is 4.30. The van der Waals surface area contributed by atoms with Gasteiger partial charge in [-0.05, 0) is 18.0 Å². The number of nitrogens with zero attached hydrogens (tertiary/aromatic N) is 2. The first-order valence-corrected chi connectivity index (χ1v) is 5.41. The minimum Gasteiger partial charge on any atom is -0.393 e. The number of rotatable bonds is 4. The Kier molecular flexibility index (Phi) is 3.81. The molecule has 0 aromatic carbocycles. The molecule has 0 radical (unpaired) electrons. The van der Waals surface area contributed by atoms with Crippen molar-refractivity contribution in [1.29, 1.82) is 0 Å². The Labute approximate surface area is 83.0 Å². The standard InChI is InChI=1S/C9H16N2OS/c1-4-7(12)5-8-10-9(6(2)3)11-13-8/h6-7,12H,4-5H2,1-3H3. The van der Waals surface area contributed by atoms with Crippen molar-refractivity contribution in [3.05, 3.63) is 10.8 Å². The maximum absolute atomic E-state index is 9.40. The van der Waals surface area contributed by atoms with Gasteiger partial charge in [-0.15, -0.1) is 0 Å². The normalized spacial score (nSPS) is 13.6. The lowest BCUT2D eigenvalue weighted by Crippen LogP contribution is -2.08. The molecule has 1 aromatic rings. The molecule has 0 aliphatic rings. The monoisotopic (exact) mass is 200 g/mol. The van der Waals surface area contributed by atoms with E-state index in [1.54, 1.807) is 0 Å². The Morgan fingerprint density at radius 1 is 1.46 bits per heavy atom. The molecular weight excluding hydrogens is 184 g/mol. The molecule has 4 heteroatoms. The van der Waals surface area contributed by atoms with Gasteiger partial charge in [0.15, 0.2) is 0 Å². The smallest absolute Gasteiger partial charge is 0.145 e. The summed E-state index contributed by atoms with van der Waals surface area (Å²) in [5.74, 6) is 1.27. The van der Waals surface area contributed by atoms with E-state index in [1.807, 2.05) is 6.92 Å². The first kappa shape index (κ1) is 10.6. The molecule has 0 saturated carbocycles. The van der Waals surface area contributed by atoms with Gasteiger partial charge in [-0.2, -0.15) is 4.37 Å². The SMILES string of the molecule is CCC(O)Cc1nc(C(C)C)ns1. The van der Waals surface area contributed by atoms with Gasteiger partial charge in [-0.3, -0.25) is 0 Å². The molecule has 0 aliphatic carbocycles. The molecule has 0 fully saturated rings. The fraction of sp³-hybridized carbons (Fsp3) is 0.778. The summed E-state index contributed by atoms with van der Waals surface area (Å²) in [6.07, 6.45) is 1.14. The Hall–Kier alpha value is -0.480. The molecule has 1 unspecified atom stereocenters. The van der Waals surface area contributed by atoms with Gasteiger partial charge in [-0.25, -0.2) is 4.98 Å². The fourth-order valence-electron chi connectivity index (χ4n) is 0.931. The van der Waals surface area contributed by atoms with Crippen LogP contribution in [0.25, 0.3) is 0 Å². The van der Waals surface area contributed by atoms with Gasteiger partial charge < -0.3 is 5.11 Å². The molecule has 74 valence electrons. The van der Waals surface area contributed by atoms with E-state index in [4.69, 9.17) is 0 Å². The third kappa shape index (κ3) is 3.04. The van der Waals surface area contributed by atoms with E-state index in [-0.39, 0.29) is 6.10 Å². The van der Waals surface area contributed by atoms with E-state index in [0.29, 0.717) is 12.3 Å². The minimum atomic E-state index is -0.270. The fourth-order valence-corrected chi connectivity index (χ4v) is 1.78. The summed E-state index contributed by atoms with van der Waals surface area (Å²) in [4.78, 5) is 4.35. The maximum Gasteiger partial charge on any atom is 0.145 e. The quantitative estimate of drug-likeness (QED) is 0.808. The maximum atomic E-state index is 9.40. The number of aromatic nitrogens is 2. The molecule has 0 amide bonds. The molecule has 1 heterocycles. The Morgan fingerprint density at radius 3 is 2.62 bits per heavy atom. The molecule has 13 heavy (non-hydrogen) atoms. The lowest BCUT2D eigenvalue weighted by Gasteiger charge is -2.02. The highest BCUT2D eigenvalue weighted by Gasteiger charge is 2.10. The van der Waals surface area contributed by atoms with Crippen LogP contribution in [0.2, 0.25) is 0 Å². The molecule has 1 N–H and O–H groups in total. The zero-order valence-corrected chi connectivity index (χ0v) is 9.14. The highest BCUT2D eigenvalue weighted by Crippen LogP contribution is 2.15. The van der Waals surface area contributed by atoms with Crippen LogP contribution in [0.1, 0.15) is 43.9 Å². The topological polar surface area (TPSA) is 46.0 Å². The van der Waals surface area contributed by atoms with Crippen molar-refractivity contribution >= 4 is 11.5 Å². The van der Waals surface area contributed by atoms with Crippen LogP contribution in [-0.4, -0.2) is 20.6 Å². The zero-order chi connectivity index (χ0) is 9.84. The molecule has 1 rings (SSSR count). The van der Waals surface area contributed by atoms with Crippen LogP contribution < -0.4 is 0 Å². The molecule has 0 spiro atoms. The van der Waals surface area contributed by atoms with Gasteiger partial charge >= 0.3 is 0 Å². The van der Waals surface area contributed by atoms with E-state index in [0.717, 1.165) is 17.3 Å². The molecule has 0 aliphatic heterocycles. The predicted octanol–water partition coefficient (Wildman–Crippen LogP) is 1.97. The third-order valence-electron chi connectivity index (χ3n) is 1.88. The van der Waals surface area contributed by atoms with Crippen LogP contribution in [0.4, 0.5) is 0 Å². The molecule has 1 atom stereocenters. The second kappa shape index (κ2) is 4.67. The first-order valence-electron chi connectivity index (χ1n) is 4.64. The van der Waals surface area contributed by atoms with Gasteiger partial charge in [0.2, 0.25) is 0 Å². The van der Waals surface area contributed by atoms with Crippen molar-refractivity contribution in [3.8, 4) is 0 Å². The van der Waals surface area contributed by atoms with Gasteiger partial charge in [0.1, 0.15) is 10.8 Å². The average molecular weight is 200 g/mol. The molecule has 0 saturated heterocycles. The van der Waals surface area contributed by atoms with Crippen LogP contribution in [0.5, 0.6) is 0 Å². The van der Waals surface area contributed by atoms with Crippen molar-refractivity contribution < 1.29 is 5.11 Å². The third-order valence-corrected chi connectivity index (χ3v) is 2.63. The first-order chi connectivity index (χ1) is 6.13. The van der Waals surface area contributed by atoms with Crippen LogP contribution >= 0.6 is 11.5 Å². The van der Waals surface area contributed by atoms with Gasteiger partial charge in [0, 0.05) is 12.3 Å². The highest BCUT2D eigenvalue weighted by atomic mass is 32.1. The lowest BCUT2D eigenvalue weighted by molar-refractivity contribution is 0.170. The lowest BCUT2D eigenvalue weighted by atomic mass is 10.2. The zero-order valence-electron chi connectivity index (χ0n) is 8.32. The van der Waals surface area contributed by atoms with Crippen LogP contribution in [0.15, 0.2) is 0 Å². The Balaban J connectivity index is 2.58. The van der Waals surface area contributed by atoms with E-state index in [9.17, 15) is 5.11 Å². The number of aliphatic hydroxyl groups excluding tert-OH is 1. The van der Waals surface area contributed by atoms with E-state index in [2.05, 4.69) is 23.2 Å². The van der Waals surface area contributed by atoms with E-state index in [1.165, 1.54) is 11.5 Å². The van der Waals surface area contributed by atoms with Gasteiger partial charge in [-0.1, -0.05) is 20.8 Å². The summed E-state index contributed by atoms with van der Waals surface area (Å²) in [7, 11) is 0. The van der Waals surface area contributed by atoms with Crippen molar-refractivity contribution in [1.82, 2.24) is 9.36 Å². The summed E-state index contributed by atoms with van der Waals surface area (Å²) in [5.41, 5.74) is 0. The molecule has 1 aromatic heterocycles. The van der Waals surface area contributed by atoms with Crippen molar-refractivity contribution in [2.45, 2.75) is 45.6 Å². The largest absolute Gasteiger partial charge is 0.393 e. The van der Waals surface area contributed by atoms with Crippen LogP contribution in [0, 0.1) is 0 Å². The summed E-state index contributed by atoms with van der Waals surface area (Å²) in [6, 6.07) is 0. The Morgan fingerprint density at radius 2 is 2.15 bits per heavy atom. The van der Waals surface area contributed by atoms with Crippen molar-refractivity contribution in [3.63, 3.8) is 0 Å². The van der Waals surface area contributed by atoms with Gasteiger partial charge in [0.05, 0.1) is 6.10 Å². The highest BCUT2D eigenvalue weighted by molar-refractivity contribution is 7.05. The van der Waals surface area contributed by atoms with Gasteiger partial charge in [0.25, 0.3) is 0 Å². The summed E-state index contributed by atoms with van der Waals surface area (Å²) in [5, 5.41) is 10.3. The molecule has 3 nitrogen and oxygen atoms in total. The number of hydrogen-bond donors (Lipinski definition) is 1. The number of aliphatic hydroxyl groups is 1. The van der Waals surface area contributed by atoms with Crippen LogP contribution in [-0.2, 0) is 6.42 Å². The molecular formula is C9H16N2OS.